The van der Waals surface area contributed by atoms with Crippen molar-refractivity contribution in [1.82, 2.24) is 0 Å². The number of fused-ring (bicyclic) bond motifs is 1. The molecule has 0 saturated heterocycles. The van der Waals surface area contributed by atoms with E-state index in [4.69, 9.17) is 9.84 Å². The molecule has 2 rings (SSSR count). The number of aryl methyl sites for hydroxylation is 2. The van der Waals surface area contributed by atoms with E-state index >= 15 is 0 Å². The summed E-state index contributed by atoms with van der Waals surface area (Å²) in [7, 11) is 0. The van der Waals surface area contributed by atoms with E-state index in [0.717, 1.165) is 24.2 Å². The summed E-state index contributed by atoms with van der Waals surface area (Å²) in [6.45, 7) is 2.10. The van der Waals surface area contributed by atoms with Crippen LogP contribution >= 0.6 is 0 Å². The highest BCUT2D eigenvalue weighted by Crippen LogP contribution is 2.28. The molecular weight excluding hydrogens is 192 g/mol. The highest BCUT2D eigenvalue weighted by molar-refractivity contribution is 5.73. The zero-order valence-electron chi connectivity index (χ0n) is 8.69. The molecule has 1 aliphatic rings. The molecule has 0 bridgehead atoms. The summed E-state index contributed by atoms with van der Waals surface area (Å²) in [6.07, 6.45) is 1.68. The fraction of sp³-hybridized carbons (Fsp3) is 0.417. The number of aliphatic carboxylic acids is 1. The van der Waals surface area contributed by atoms with Crippen LogP contribution in [0.1, 0.15) is 24.5 Å². The van der Waals surface area contributed by atoms with Crippen molar-refractivity contribution < 1.29 is 14.6 Å². The van der Waals surface area contributed by atoms with Crippen LogP contribution in [-0.2, 0) is 17.6 Å². The molecule has 3 heteroatoms. The Morgan fingerprint density at radius 3 is 3.07 bits per heavy atom. The number of hydrogen-bond acceptors (Lipinski definition) is 2. The largest absolute Gasteiger partial charge is 0.479 e. The predicted molar refractivity (Wildman–Crippen MR) is 56.2 cm³/mol. The van der Waals surface area contributed by atoms with E-state index in [1.54, 1.807) is 0 Å². The fourth-order valence-corrected chi connectivity index (χ4v) is 1.84. The minimum absolute atomic E-state index is 0.565. The van der Waals surface area contributed by atoms with E-state index in [-0.39, 0.29) is 0 Å². The first-order valence-electron chi connectivity index (χ1n) is 5.22. The van der Waals surface area contributed by atoms with Gasteiger partial charge in [0.15, 0.2) is 6.10 Å². The fourth-order valence-electron chi connectivity index (χ4n) is 1.84. The van der Waals surface area contributed by atoms with Crippen molar-refractivity contribution in [3.05, 3.63) is 29.3 Å². The van der Waals surface area contributed by atoms with Gasteiger partial charge in [-0.1, -0.05) is 19.1 Å². The molecule has 3 nitrogen and oxygen atoms in total. The molecule has 1 aromatic rings. The minimum atomic E-state index is -0.875. The van der Waals surface area contributed by atoms with Gasteiger partial charge >= 0.3 is 5.97 Å². The SMILES string of the molecule is CCc1ccc2c(c1)CCC(C(=O)O)O2. The Balaban J connectivity index is 2.24. The van der Waals surface area contributed by atoms with Crippen LogP contribution in [0.3, 0.4) is 0 Å². The van der Waals surface area contributed by atoms with Crippen molar-refractivity contribution in [2.75, 3.05) is 0 Å². The molecule has 0 radical (unpaired) electrons. The van der Waals surface area contributed by atoms with Gasteiger partial charge in [-0.3, -0.25) is 0 Å². The lowest BCUT2D eigenvalue weighted by molar-refractivity contribution is -0.145. The number of carboxylic acid groups (broad SMARTS) is 1. The van der Waals surface area contributed by atoms with E-state index in [1.165, 1.54) is 5.56 Å². The Hall–Kier alpha value is -1.51. The highest BCUT2D eigenvalue weighted by atomic mass is 16.5. The van der Waals surface area contributed by atoms with E-state index in [1.807, 2.05) is 12.1 Å². The molecule has 1 aliphatic heterocycles. The number of benzene rings is 1. The summed E-state index contributed by atoms with van der Waals surface area (Å²) in [5, 5.41) is 8.84. The molecule has 0 amide bonds. The molecule has 0 fully saturated rings. The van der Waals surface area contributed by atoms with Gasteiger partial charge in [-0.15, -0.1) is 0 Å². The summed E-state index contributed by atoms with van der Waals surface area (Å²) in [6, 6.07) is 5.97. The van der Waals surface area contributed by atoms with Crippen LogP contribution in [0, 0.1) is 0 Å². The van der Waals surface area contributed by atoms with Crippen LogP contribution < -0.4 is 4.74 Å². The lowest BCUT2D eigenvalue weighted by Crippen LogP contribution is -2.30. The average Bonchev–Trinajstić information content (AvgIpc) is 2.27. The molecule has 1 aromatic carbocycles. The van der Waals surface area contributed by atoms with Crippen molar-refractivity contribution in [1.29, 1.82) is 0 Å². The second-order valence-electron chi connectivity index (χ2n) is 3.78. The molecule has 1 N–H and O–H groups in total. The predicted octanol–water partition coefficient (Wildman–Crippen LogP) is 2.03. The Morgan fingerprint density at radius 2 is 2.40 bits per heavy atom. The molecule has 80 valence electrons. The van der Waals surface area contributed by atoms with Crippen LogP contribution in [0.5, 0.6) is 5.75 Å². The van der Waals surface area contributed by atoms with Gasteiger partial charge in [-0.05, 0) is 36.5 Å². The lowest BCUT2D eigenvalue weighted by atomic mass is 9.99. The van der Waals surface area contributed by atoms with Crippen LogP contribution in [0.25, 0.3) is 0 Å². The third-order valence-electron chi connectivity index (χ3n) is 2.75. The Morgan fingerprint density at radius 1 is 1.60 bits per heavy atom. The number of rotatable bonds is 2. The highest BCUT2D eigenvalue weighted by Gasteiger charge is 2.25. The summed E-state index contributed by atoms with van der Waals surface area (Å²) in [5.74, 6) is -0.147. The van der Waals surface area contributed by atoms with E-state index in [9.17, 15) is 4.79 Å². The molecule has 1 heterocycles. The molecule has 1 atom stereocenters. The number of carbonyl (C=O) groups is 1. The maximum atomic E-state index is 10.8. The quantitative estimate of drug-likeness (QED) is 0.805. The average molecular weight is 206 g/mol. The van der Waals surface area contributed by atoms with Gasteiger partial charge in [0.05, 0.1) is 0 Å². The standard InChI is InChI=1S/C12H14O3/c1-2-8-3-5-10-9(7-8)4-6-11(15-10)12(13)14/h3,5,7,11H,2,4,6H2,1H3,(H,13,14). The Bertz CT molecular complexity index is 384. The van der Waals surface area contributed by atoms with Gasteiger partial charge in [0.2, 0.25) is 0 Å². The number of hydrogen-bond donors (Lipinski definition) is 1. The van der Waals surface area contributed by atoms with E-state index in [0.29, 0.717) is 6.42 Å². The van der Waals surface area contributed by atoms with Crippen LogP contribution in [0.15, 0.2) is 18.2 Å². The maximum Gasteiger partial charge on any atom is 0.344 e. The van der Waals surface area contributed by atoms with Gasteiger partial charge < -0.3 is 9.84 Å². The first-order chi connectivity index (χ1) is 7.20. The zero-order valence-corrected chi connectivity index (χ0v) is 8.69. The van der Waals surface area contributed by atoms with E-state index < -0.39 is 12.1 Å². The summed E-state index contributed by atoms with van der Waals surface area (Å²) < 4.78 is 5.39. The summed E-state index contributed by atoms with van der Waals surface area (Å²) in [4.78, 5) is 10.8. The third-order valence-corrected chi connectivity index (χ3v) is 2.75. The molecule has 0 saturated carbocycles. The second kappa shape index (κ2) is 3.93. The first kappa shape index (κ1) is 10.0. The van der Waals surface area contributed by atoms with Crippen LogP contribution in [0.4, 0.5) is 0 Å². The van der Waals surface area contributed by atoms with E-state index in [2.05, 4.69) is 13.0 Å². The maximum absolute atomic E-state index is 10.8. The summed E-state index contributed by atoms with van der Waals surface area (Å²) in [5.41, 5.74) is 2.40. The second-order valence-corrected chi connectivity index (χ2v) is 3.78. The third kappa shape index (κ3) is 1.96. The van der Waals surface area contributed by atoms with Crippen LogP contribution in [0.2, 0.25) is 0 Å². The molecule has 15 heavy (non-hydrogen) atoms. The van der Waals surface area contributed by atoms with Crippen molar-refractivity contribution >= 4 is 5.97 Å². The van der Waals surface area contributed by atoms with Gasteiger partial charge in [0.25, 0.3) is 0 Å². The molecule has 0 aromatic heterocycles. The lowest BCUT2D eigenvalue weighted by Gasteiger charge is -2.23. The zero-order chi connectivity index (χ0) is 10.8. The van der Waals surface area contributed by atoms with Crippen LogP contribution in [-0.4, -0.2) is 17.2 Å². The normalized spacial score (nSPS) is 19.1. The number of carboxylic acids is 1. The topological polar surface area (TPSA) is 46.5 Å². The van der Waals surface area contributed by atoms with Crippen molar-refractivity contribution in [2.45, 2.75) is 32.3 Å². The van der Waals surface area contributed by atoms with Gasteiger partial charge in [0, 0.05) is 0 Å². The molecular formula is C12H14O3. The molecule has 0 aliphatic carbocycles. The summed E-state index contributed by atoms with van der Waals surface area (Å²) >= 11 is 0. The van der Waals surface area contributed by atoms with Gasteiger partial charge in [-0.2, -0.15) is 0 Å². The molecule has 0 spiro atoms. The smallest absolute Gasteiger partial charge is 0.344 e. The Kier molecular flexibility index (Phi) is 2.62. The molecule has 1 unspecified atom stereocenters. The van der Waals surface area contributed by atoms with Crippen molar-refractivity contribution in [3.63, 3.8) is 0 Å². The Labute approximate surface area is 88.7 Å². The number of ether oxygens (including phenoxy) is 1. The first-order valence-corrected chi connectivity index (χ1v) is 5.22. The van der Waals surface area contributed by atoms with Crippen molar-refractivity contribution in [3.8, 4) is 5.75 Å². The van der Waals surface area contributed by atoms with Gasteiger partial charge in [-0.25, -0.2) is 4.79 Å². The van der Waals surface area contributed by atoms with Gasteiger partial charge in [0.1, 0.15) is 5.75 Å². The minimum Gasteiger partial charge on any atom is -0.479 e. The van der Waals surface area contributed by atoms with Crippen molar-refractivity contribution in [2.24, 2.45) is 0 Å². The monoisotopic (exact) mass is 206 g/mol.